The first kappa shape index (κ1) is 19.8. The number of nitrogens with zero attached hydrogens (tertiary/aromatic N) is 3. The summed E-state index contributed by atoms with van der Waals surface area (Å²) in [5, 5.41) is 14.6. The number of carbonyl (C=O) groups is 2. The number of nitrogens with one attached hydrogen (secondary N) is 3. The zero-order valence-electron chi connectivity index (χ0n) is 15.9. The van der Waals surface area contributed by atoms with Crippen LogP contribution in [0.1, 0.15) is 11.3 Å². The molecule has 0 saturated heterocycles. The molecule has 4 rings (SSSR count). The second-order valence-electron chi connectivity index (χ2n) is 6.78. The minimum Gasteiger partial charge on any atom is -0.361 e. The molecule has 2 heterocycles. The van der Waals surface area contributed by atoms with Crippen LogP contribution in [-0.4, -0.2) is 31.8 Å². The van der Waals surface area contributed by atoms with E-state index in [0.29, 0.717) is 11.4 Å². The number of hydrogen-bond acceptors (Lipinski definition) is 4. The number of benzene rings is 2. The number of aromatic nitrogens is 4. The van der Waals surface area contributed by atoms with Crippen molar-refractivity contribution in [1.82, 2.24) is 25.3 Å². The van der Waals surface area contributed by atoms with Gasteiger partial charge in [-0.15, -0.1) is 5.10 Å². The summed E-state index contributed by atoms with van der Waals surface area (Å²) < 4.78 is 2.38. The molecule has 30 heavy (non-hydrogen) atoms. The molecule has 0 aliphatic heterocycles. The van der Waals surface area contributed by atoms with Gasteiger partial charge < -0.3 is 15.6 Å². The van der Waals surface area contributed by atoms with Crippen LogP contribution in [0.2, 0.25) is 0 Å². The molecule has 0 bridgehead atoms. The van der Waals surface area contributed by atoms with Gasteiger partial charge in [-0.25, -0.2) is 4.68 Å². The number of carbonyl (C=O) groups excluding carboxylic acids is 2. The van der Waals surface area contributed by atoms with Crippen molar-refractivity contribution in [1.29, 1.82) is 0 Å². The predicted octanol–water partition coefficient (Wildman–Crippen LogP) is 3.02. The lowest BCUT2D eigenvalue weighted by Gasteiger charge is -2.05. The van der Waals surface area contributed by atoms with Gasteiger partial charge in [0.2, 0.25) is 11.8 Å². The lowest BCUT2D eigenvalue weighted by molar-refractivity contribution is -0.120. The number of H-pyrrole nitrogens is 1. The molecule has 0 spiro atoms. The molecule has 0 fully saturated rings. The molecule has 0 saturated carbocycles. The number of amides is 2. The molecule has 9 heteroatoms. The minimum atomic E-state index is -0.211. The Hall–Kier alpha value is -3.46. The van der Waals surface area contributed by atoms with Crippen LogP contribution in [0, 0.1) is 0 Å². The molecule has 8 nitrogen and oxygen atoms in total. The quantitative estimate of drug-likeness (QED) is 0.389. The van der Waals surface area contributed by atoms with E-state index < -0.39 is 0 Å². The van der Waals surface area contributed by atoms with E-state index >= 15 is 0 Å². The van der Waals surface area contributed by atoms with Crippen molar-refractivity contribution in [2.24, 2.45) is 0 Å². The number of rotatable bonds is 7. The van der Waals surface area contributed by atoms with E-state index in [-0.39, 0.29) is 31.3 Å². The molecule has 0 atom stereocenters. The molecule has 0 unspecified atom stereocenters. The van der Waals surface area contributed by atoms with Gasteiger partial charge in [-0.1, -0.05) is 39.3 Å². The summed E-state index contributed by atoms with van der Waals surface area (Å²) in [7, 11) is 0. The predicted molar refractivity (Wildman–Crippen MR) is 117 cm³/mol. The van der Waals surface area contributed by atoms with E-state index in [4.69, 9.17) is 0 Å². The molecule has 2 aromatic heterocycles. The molecule has 0 radical (unpaired) electrons. The number of halogens is 1. The monoisotopic (exact) mass is 466 g/mol. The standard InChI is InChI=1S/C21H19BrN6O2/c22-15-5-7-16(8-6-15)25-21(30)13-28-12-17(26-27-28)11-24-20(29)9-14-10-23-19-4-2-1-3-18(14)19/h1-8,10,12,23H,9,11,13H2,(H,24,29)(H,25,30). The Morgan fingerprint density at radius 2 is 1.87 bits per heavy atom. The van der Waals surface area contributed by atoms with Gasteiger partial charge in [0.15, 0.2) is 0 Å². The first-order valence-corrected chi connectivity index (χ1v) is 10.1. The Labute approximate surface area is 180 Å². The van der Waals surface area contributed by atoms with E-state index in [0.717, 1.165) is 20.9 Å². The van der Waals surface area contributed by atoms with Gasteiger partial charge in [0.1, 0.15) is 12.2 Å². The molecule has 2 amide bonds. The smallest absolute Gasteiger partial charge is 0.246 e. The summed E-state index contributed by atoms with van der Waals surface area (Å²) in [5.74, 6) is -0.320. The molecule has 0 aliphatic rings. The fraction of sp³-hybridized carbons (Fsp3) is 0.143. The van der Waals surface area contributed by atoms with E-state index in [2.05, 4.69) is 41.9 Å². The highest BCUT2D eigenvalue weighted by Crippen LogP contribution is 2.18. The van der Waals surface area contributed by atoms with Gasteiger partial charge in [0.05, 0.1) is 19.2 Å². The maximum absolute atomic E-state index is 12.3. The summed E-state index contributed by atoms with van der Waals surface area (Å²) in [6.07, 6.45) is 3.77. The Kier molecular flexibility index (Phi) is 5.89. The minimum absolute atomic E-state index is 0.0341. The van der Waals surface area contributed by atoms with Crippen molar-refractivity contribution in [2.45, 2.75) is 19.5 Å². The van der Waals surface area contributed by atoms with Crippen LogP contribution in [0.25, 0.3) is 10.9 Å². The maximum atomic E-state index is 12.3. The Balaban J connectivity index is 1.27. The lowest BCUT2D eigenvalue weighted by Crippen LogP contribution is -2.24. The molecule has 0 aliphatic carbocycles. The highest BCUT2D eigenvalue weighted by molar-refractivity contribution is 9.10. The molecular formula is C21H19BrN6O2. The van der Waals surface area contributed by atoms with E-state index in [1.165, 1.54) is 4.68 Å². The van der Waals surface area contributed by atoms with Crippen LogP contribution in [-0.2, 0) is 29.1 Å². The molecule has 2 aromatic carbocycles. The summed E-state index contributed by atoms with van der Waals surface area (Å²) in [6, 6.07) is 15.2. The van der Waals surface area contributed by atoms with Gasteiger partial charge >= 0.3 is 0 Å². The summed E-state index contributed by atoms with van der Waals surface area (Å²) in [4.78, 5) is 27.6. The van der Waals surface area contributed by atoms with Crippen LogP contribution in [0.3, 0.4) is 0 Å². The number of para-hydroxylation sites is 1. The van der Waals surface area contributed by atoms with Gasteiger partial charge in [0.25, 0.3) is 0 Å². The number of hydrogen-bond donors (Lipinski definition) is 3. The summed E-state index contributed by atoms with van der Waals surface area (Å²) >= 11 is 3.35. The first-order valence-electron chi connectivity index (χ1n) is 9.33. The summed E-state index contributed by atoms with van der Waals surface area (Å²) in [5.41, 5.74) is 3.23. The molecule has 152 valence electrons. The lowest BCUT2D eigenvalue weighted by atomic mass is 10.1. The van der Waals surface area contributed by atoms with Crippen LogP contribution >= 0.6 is 15.9 Å². The summed E-state index contributed by atoms with van der Waals surface area (Å²) in [6.45, 7) is 0.280. The van der Waals surface area contributed by atoms with Crippen LogP contribution < -0.4 is 10.6 Å². The Morgan fingerprint density at radius 3 is 2.70 bits per heavy atom. The zero-order valence-corrected chi connectivity index (χ0v) is 17.5. The number of fused-ring (bicyclic) bond motifs is 1. The normalized spacial score (nSPS) is 10.8. The average molecular weight is 467 g/mol. The van der Waals surface area contributed by atoms with Crippen molar-refractivity contribution in [3.05, 3.63) is 76.7 Å². The third-order valence-electron chi connectivity index (χ3n) is 4.51. The third-order valence-corrected chi connectivity index (χ3v) is 5.04. The van der Waals surface area contributed by atoms with Gasteiger partial charge in [-0.05, 0) is 35.9 Å². The Morgan fingerprint density at radius 1 is 1.07 bits per heavy atom. The van der Waals surface area contributed by atoms with E-state index in [1.807, 2.05) is 42.6 Å². The van der Waals surface area contributed by atoms with Crippen LogP contribution in [0.15, 0.2) is 65.4 Å². The van der Waals surface area contributed by atoms with Crippen LogP contribution in [0.4, 0.5) is 5.69 Å². The van der Waals surface area contributed by atoms with Crippen molar-refractivity contribution in [3.63, 3.8) is 0 Å². The van der Waals surface area contributed by atoms with E-state index in [1.54, 1.807) is 18.3 Å². The fourth-order valence-corrected chi connectivity index (χ4v) is 3.34. The van der Waals surface area contributed by atoms with Gasteiger partial charge in [-0.2, -0.15) is 0 Å². The number of aromatic amines is 1. The second-order valence-corrected chi connectivity index (χ2v) is 7.69. The van der Waals surface area contributed by atoms with Crippen molar-refractivity contribution < 1.29 is 9.59 Å². The molecule has 3 N–H and O–H groups in total. The first-order chi connectivity index (χ1) is 14.6. The largest absolute Gasteiger partial charge is 0.361 e. The van der Waals surface area contributed by atoms with Crippen molar-refractivity contribution in [2.75, 3.05) is 5.32 Å². The van der Waals surface area contributed by atoms with Gasteiger partial charge in [0, 0.05) is 27.3 Å². The molecule has 4 aromatic rings. The van der Waals surface area contributed by atoms with Crippen LogP contribution in [0.5, 0.6) is 0 Å². The van der Waals surface area contributed by atoms with Gasteiger partial charge in [-0.3, -0.25) is 9.59 Å². The topological polar surface area (TPSA) is 105 Å². The number of anilines is 1. The second kappa shape index (κ2) is 8.91. The van der Waals surface area contributed by atoms with Crippen molar-refractivity contribution in [3.8, 4) is 0 Å². The Bertz CT molecular complexity index is 1180. The maximum Gasteiger partial charge on any atom is 0.246 e. The fourth-order valence-electron chi connectivity index (χ4n) is 3.08. The van der Waals surface area contributed by atoms with E-state index in [9.17, 15) is 9.59 Å². The van der Waals surface area contributed by atoms with Crippen molar-refractivity contribution >= 4 is 44.3 Å². The highest BCUT2D eigenvalue weighted by Gasteiger charge is 2.10. The molecular weight excluding hydrogens is 448 g/mol. The highest BCUT2D eigenvalue weighted by atomic mass is 79.9. The average Bonchev–Trinajstić information content (AvgIpc) is 3.35. The third kappa shape index (κ3) is 4.93. The SMILES string of the molecule is O=C(Cc1c[nH]c2ccccc12)NCc1cn(CC(=O)Nc2ccc(Br)cc2)nn1. The zero-order chi connectivity index (χ0) is 20.9.